The first-order valence-electron chi connectivity index (χ1n) is 7.79. The average molecular weight is 283 g/mol. The van der Waals surface area contributed by atoms with Crippen molar-refractivity contribution in [3.05, 3.63) is 18.1 Å². The van der Waals surface area contributed by atoms with E-state index in [1.165, 1.54) is 43.2 Å². The first-order valence-corrected chi connectivity index (χ1v) is 7.79. The fourth-order valence-electron chi connectivity index (χ4n) is 3.63. The maximum Gasteiger partial charge on any atom is 0.156 e. The topological polar surface area (TPSA) is 58.5 Å². The van der Waals surface area contributed by atoms with Gasteiger partial charge in [0.2, 0.25) is 0 Å². The van der Waals surface area contributed by atoms with Crippen LogP contribution in [0.15, 0.2) is 12.4 Å². The number of imidazole rings is 1. The van der Waals surface area contributed by atoms with Crippen LogP contribution >= 0.6 is 0 Å². The van der Waals surface area contributed by atoms with Gasteiger partial charge in [0.15, 0.2) is 5.82 Å². The maximum absolute atomic E-state index is 4.71. The van der Waals surface area contributed by atoms with Gasteiger partial charge in [-0.05, 0) is 24.8 Å². The predicted octanol–water partition coefficient (Wildman–Crippen LogP) is 3.54. The monoisotopic (exact) mass is 283 g/mol. The van der Waals surface area contributed by atoms with Crippen molar-refractivity contribution in [3.8, 4) is 0 Å². The van der Waals surface area contributed by atoms with Crippen LogP contribution in [0.25, 0.3) is 22.1 Å². The summed E-state index contributed by atoms with van der Waals surface area (Å²) in [5.74, 6) is 1.50. The van der Waals surface area contributed by atoms with Crippen LogP contribution in [0.5, 0.6) is 0 Å². The Bertz CT molecular complexity index is 792. The second-order valence-electron chi connectivity index (χ2n) is 6.08. The van der Waals surface area contributed by atoms with Gasteiger partial charge >= 0.3 is 0 Å². The molecule has 1 aliphatic rings. The molecule has 0 unspecified atom stereocenters. The van der Waals surface area contributed by atoms with Gasteiger partial charge < -0.3 is 14.9 Å². The number of aryl methyl sites for hydroxylation is 1. The van der Waals surface area contributed by atoms with Crippen molar-refractivity contribution in [1.29, 1.82) is 0 Å². The number of hydrogen-bond donors (Lipinski definition) is 2. The highest BCUT2D eigenvalue weighted by atomic mass is 15.1. The van der Waals surface area contributed by atoms with Gasteiger partial charge in [0.1, 0.15) is 11.2 Å². The molecule has 5 heteroatoms. The molecule has 0 radical (unpaired) electrons. The lowest BCUT2D eigenvalue weighted by molar-refractivity contribution is 0.438. The van der Waals surface area contributed by atoms with Crippen molar-refractivity contribution in [2.45, 2.75) is 38.0 Å². The largest absolute Gasteiger partial charge is 0.371 e. The second-order valence-corrected chi connectivity index (χ2v) is 6.08. The van der Waals surface area contributed by atoms with Gasteiger partial charge in [0.25, 0.3) is 0 Å². The molecule has 3 aromatic heterocycles. The first-order chi connectivity index (χ1) is 10.3. The van der Waals surface area contributed by atoms with E-state index >= 15 is 0 Å². The summed E-state index contributed by atoms with van der Waals surface area (Å²) in [5.41, 5.74) is 4.41. The molecular weight excluding hydrogens is 262 g/mol. The van der Waals surface area contributed by atoms with E-state index in [1.807, 2.05) is 20.4 Å². The Kier molecular flexibility index (Phi) is 2.87. The Hall–Kier alpha value is -2.04. The summed E-state index contributed by atoms with van der Waals surface area (Å²) in [5, 5.41) is 4.34. The van der Waals surface area contributed by atoms with Crippen LogP contribution in [0.3, 0.4) is 0 Å². The van der Waals surface area contributed by atoms with E-state index in [9.17, 15) is 0 Å². The van der Waals surface area contributed by atoms with Crippen molar-refractivity contribution < 1.29 is 0 Å². The zero-order chi connectivity index (χ0) is 14.4. The molecule has 0 spiro atoms. The average Bonchev–Trinajstić information content (AvgIpc) is 3.11. The van der Waals surface area contributed by atoms with Crippen molar-refractivity contribution in [3.63, 3.8) is 0 Å². The van der Waals surface area contributed by atoms with E-state index in [-0.39, 0.29) is 0 Å². The molecule has 110 valence electrons. The van der Waals surface area contributed by atoms with E-state index in [1.54, 1.807) is 0 Å². The minimum atomic E-state index is 0.661. The van der Waals surface area contributed by atoms with Gasteiger partial charge in [-0.15, -0.1) is 0 Å². The Balaban J connectivity index is 1.93. The fourth-order valence-corrected chi connectivity index (χ4v) is 3.63. The van der Waals surface area contributed by atoms with E-state index in [2.05, 4.69) is 25.9 Å². The highest BCUT2D eigenvalue weighted by Crippen LogP contribution is 2.35. The van der Waals surface area contributed by atoms with Gasteiger partial charge in [-0.25, -0.2) is 9.97 Å². The van der Waals surface area contributed by atoms with Crippen LogP contribution in [0, 0.1) is 0 Å². The zero-order valence-electron chi connectivity index (χ0n) is 12.6. The maximum atomic E-state index is 4.71. The Morgan fingerprint density at radius 1 is 1.29 bits per heavy atom. The van der Waals surface area contributed by atoms with E-state index in [0.717, 1.165) is 22.5 Å². The summed E-state index contributed by atoms with van der Waals surface area (Å²) < 4.78 is 2.08. The highest BCUT2D eigenvalue weighted by Gasteiger charge is 2.20. The standard InChI is InChI=1S/C16H21N5/c1-17-16-13-14(21(2)9-18-13)11-8-12(19-15(11)20-16)10-6-4-3-5-7-10/h8-10H,3-7H2,1-2H3,(H2,17,19,20). The summed E-state index contributed by atoms with van der Waals surface area (Å²) in [4.78, 5) is 12.8. The van der Waals surface area contributed by atoms with Crippen LogP contribution in [0.2, 0.25) is 0 Å². The third-order valence-corrected chi connectivity index (χ3v) is 4.74. The molecule has 1 aliphatic carbocycles. The lowest BCUT2D eigenvalue weighted by Gasteiger charge is -2.20. The van der Waals surface area contributed by atoms with Crippen molar-refractivity contribution >= 4 is 27.9 Å². The lowest BCUT2D eigenvalue weighted by atomic mass is 9.87. The lowest BCUT2D eigenvalue weighted by Crippen LogP contribution is -2.04. The van der Waals surface area contributed by atoms with Gasteiger partial charge in [0, 0.05) is 25.2 Å². The second kappa shape index (κ2) is 4.76. The Labute approximate surface area is 123 Å². The van der Waals surface area contributed by atoms with Crippen LogP contribution in [0.4, 0.5) is 5.82 Å². The number of hydrogen-bond acceptors (Lipinski definition) is 3. The summed E-state index contributed by atoms with van der Waals surface area (Å²) in [6.07, 6.45) is 8.51. The molecule has 1 fully saturated rings. The molecule has 3 aromatic rings. The molecule has 3 heterocycles. The Morgan fingerprint density at radius 3 is 2.86 bits per heavy atom. The molecule has 4 rings (SSSR count). The number of rotatable bonds is 2. The molecule has 21 heavy (non-hydrogen) atoms. The molecule has 0 amide bonds. The SMILES string of the molecule is CNc1nc2[nH]c(C3CCCCC3)cc2c2c1ncn2C. The summed E-state index contributed by atoms with van der Waals surface area (Å²) in [7, 11) is 3.94. The predicted molar refractivity (Wildman–Crippen MR) is 85.7 cm³/mol. The first kappa shape index (κ1) is 12.7. The number of pyridine rings is 1. The molecule has 0 atom stereocenters. The van der Waals surface area contributed by atoms with Gasteiger partial charge in [-0.3, -0.25) is 0 Å². The number of aromatic nitrogens is 4. The van der Waals surface area contributed by atoms with Gasteiger partial charge in [-0.2, -0.15) is 0 Å². The summed E-state index contributed by atoms with van der Waals surface area (Å²) in [6, 6.07) is 2.29. The minimum absolute atomic E-state index is 0.661. The van der Waals surface area contributed by atoms with E-state index in [0.29, 0.717) is 5.92 Å². The number of fused-ring (bicyclic) bond motifs is 3. The van der Waals surface area contributed by atoms with Gasteiger partial charge in [0.05, 0.1) is 11.8 Å². The molecule has 0 saturated heterocycles. The number of anilines is 1. The van der Waals surface area contributed by atoms with Crippen molar-refractivity contribution in [1.82, 2.24) is 19.5 Å². The van der Waals surface area contributed by atoms with E-state index in [4.69, 9.17) is 4.98 Å². The molecule has 1 saturated carbocycles. The van der Waals surface area contributed by atoms with E-state index < -0.39 is 0 Å². The molecule has 2 N–H and O–H groups in total. The van der Waals surface area contributed by atoms with Crippen LogP contribution in [-0.4, -0.2) is 26.6 Å². The fraction of sp³-hybridized carbons (Fsp3) is 0.500. The zero-order valence-corrected chi connectivity index (χ0v) is 12.6. The van der Waals surface area contributed by atoms with Crippen molar-refractivity contribution in [2.75, 3.05) is 12.4 Å². The third-order valence-electron chi connectivity index (χ3n) is 4.74. The van der Waals surface area contributed by atoms with Crippen molar-refractivity contribution in [2.24, 2.45) is 7.05 Å². The van der Waals surface area contributed by atoms with Crippen LogP contribution < -0.4 is 5.32 Å². The highest BCUT2D eigenvalue weighted by molar-refractivity contribution is 6.06. The van der Waals surface area contributed by atoms with Gasteiger partial charge in [-0.1, -0.05) is 19.3 Å². The quantitative estimate of drug-likeness (QED) is 0.756. The smallest absolute Gasteiger partial charge is 0.156 e. The molecule has 0 bridgehead atoms. The Morgan fingerprint density at radius 2 is 2.10 bits per heavy atom. The number of aromatic amines is 1. The number of nitrogens with zero attached hydrogens (tertiary/aromatic N) is 3. The molecule has 5 nitrogen and oxygen atoms in total. The number of H-pyrrole nitrogens is 1. The molecule has 0 aromatic carbocycles. The van der Waals surface area contributed by atoms with Crippen LogP contribution in [-0.2, 0) is 7.05 Å². The summed E-state index contributed by atoms with van der Waals surface area (Å²) in [6.45, 7) is 0. The van der Waals surface area contributed by atoms with Crippen LogP contribution in [0.1, 0.15) is 43.7 Å². The molecular formula is C16H21N5. The molecule has 0 aliphatic heterocycles. The third kappa shape index (κ3) is 1.91. The summed E-state index contributed by atoms with van der Waals surface area (Å²) >= 11 is 0. The number of nitrogens with one attached hydrogen (secondary N) is 2. The minimum Gasteiger partial charge on any atom is -0.371 e. The normalized spacial score (nSPS) is 16.9.